The highest BCUT2D eigenvalue weighted by Crippen LogP contribution is 2.18. The van der Waals surface area contributed by atoms with Gasteiger partial charge in [-0.05, 0) is 24.0 Å². The van der Waals surface area contributed by atoms with Gasteiger partial charge in [-0.1, -0.05) is 38.5 Å². The first-order valence-electron chi connectivity index (χ1n) is 11.3. The van der Waals surface area contributed by atoms with Crippen LogP contribution in [0.4, 0.5) is 0 Å². The fraction of sp³-hybridized carbons (Fsp3) is 0.478. The molecule has 7 N–H and O–H groups in total. The molecule has 2 rings (SSSR count). The molecule has 192 valence electrons. The van der Waals surface area contributed by atoms with Gasteiger partial charge >= 0.3 is 5.97 Å². The number of hydrogen-bond acceptors (Lipinski definition) is 7. The number of thiol groups is 2. The Labute approximate surface area is 215 Å². The number of carboxylic acid groups (broad SMARTS) is 1. The van der Waals surface area contributed by atoms with Crippen LogP contribution in [0, 0.1) is 5.92 Å². The number of carboxylic acids is 1. The predicted octanol–water partition coefficient (Wildman–Crippen LogP) is 0.482. The number of nitrogens with one attached hydrogen (secondary N) is 4. The third-order valence-corrected chi connectivity index (χ3v) is 6.59. The second-order valence-electron chi connectivity index (χ2n) is 8.37. The Morgan fingerprint density at radius 1 is 1.00 bits per heavy atom. The van der Waals surface area contributed by atoms with Crippen molar-refractivity contribution < 1.29 is 24.3 Å². The van der Waals surface area contributed by atoms with E-state index in [9.17, 15) is 24.3 Å². The van der Waals surface area contributed by atoms with Gasteiger partial charge < -0.3 is 31.8 Å². The van der Waals surface area contributed by atoms with Crippen LogP contribution in [0.3, 0.4) is 0 Å². The number of rotatable bonds is 13. The molecule has 0 aliphatic carbocycles. The summed E-state index contributed by atoms with van der Waals surface area (Å²) in [5, 5.41) is 17.9. The van der Waals surface area contributed by atoms with Crippen LogP contribution in [0.15, 0.2) is 30.5 Å². The monoisotopic (exact) mass is 523 g/mol. The van der Waals surface area contributed by atoms with Crippen molar-refractivity contribution >= 4 is 59.9 Å². The molecule has 0 saturated heterocycles. The second-order valence-corrected chi connectivity index (χ2v) is 9.10. The quantitative estimate of drug-likeness (QED) is 0.178. The van der Waals surface area contributed by atoms with E-state index in [1.54, 1.807) is 13.1 Å². The highest BCUT2D eigenvalue weighted by atomic mass is 32.1. The number of para-hydroxylation sites is 1. The standard InChI is InChI=1S/C23H33N5O5S2/c1-3-12(2)19(23(32)33)28-22(31)18(11-35)27-21(30)17(10-34)26-20(29)15(24)8-13-9-25-16-7-5-4-6-14(13)16/h4-7,9,12,15,17-19,25,34-35H,3,8,10-11,24H2,1-2H3,(H,26,29)(H,27,30)(H,28,31)(H,32,33). The molecule has 1 aromatic carbocycles. The van der Waals surface area contributed by atoms with E-state index in [0.29, 0.717) is 6.42 Å². The highest BCUT2D eigenvalue weighted by Gasteiger charge is 2.31. The third-order valence-electron chi connectivity index (χ3n) is 5.86. The summed E-state index contributed by atoms with van der Waals surface area (Å²) in [6, 6.07) is 3.46. The number of aliphatic carboxylic acids is 1. The Bertz CT molecular complexity index is 1050. The van der Waals surface area contributed by atoms with Crippen molar-refractivity contribution in [3.8, 4) is 0 Å². The first-order valence-corrected chi connectivity index (χ1v) is 12.6. The van der Waals surface area contributed by atoms with Crippen molar-refractivity contribution in [3.63, 3.8) is 0 Å². The van der Waals surface area contributed by atoms with Gasteiger partial charge in [0.1, 0.15) is 18.1 Å². The van der Waals surface area contributed by atoms with Crippen LogP contribution in [0.1, 0.15) is 25.8 Å². The zero-order valence-electron chi connectivity index (χ0n) is 19.7. The summed E-state index contributed by atoms with van der Waals surface area (Å²) in [6.45, 7) is 3.52. The van der Waals surface area contributed by atoms with Crippen molar-refractivity contribution in [1.29, 1.82) is 0 Å². The molecule has 2 aromatic rings. The van der Waals surface area contributed by atoms with E-state index < -0.39 is 47.9 Å². The van der Waals surface area contributed by atoms with E-state index in [2.05, 4.69) is 46.2 Å². The van der Waals surface area contributed by atoms with Crippen LogP contribution in [-0.2, 0) is 25.6 Å². The molecule has 0 saturated carbocycles. The Morgan fingerprint density at radius 3 is 2.14 bits per heavy atom. The lowest BCUT2D eigenvalue weighted by Crippen LogP contribution is -2.58. The number of amides is 3. The predicted molar refractivity (Wildman–Crippen MR) is 141 cm³/mol. The zero-order valence-corrected chi connectivity index (χ0v) is 21.4. The van der Waals surface area contributed by atoms with Gasteiger partial charge in [-0.3, -0.25) is 14.4 Å². The summed E-state index contributed by atoms with van der Waals surface area (Å²) in [6.07, 6.45) is 2.59. The second kappa shape index (κ2) is 13.4. The highest BCUT2D eigenvalue weighted by molar-refractivity contribution is 7.80. The number of carbonyl (C=O) groups excluding carboxylic acids is 3. The Kier molecular flexibility index (Phi) is 10.9. The van der Waals surface area contributed by atoms with E-state index in [4.69, 9.17) is 5.73 Å². The summed E-state index contributed by atoms with van der Waals surface area (Å²) < 4.78 is 0. The molecule has 0 aliphatic heterocycles. The van der Waals surface area contributed by atoms with Crippen LogP contribution in [0.5, 0.6) is 0 Å². The topological polar surface area (TPSA) is 166 Å². The summed E-state index contributed by atoms with van der Waals surface area (Å²) in [4.78, 5) is 52.7. The molecule has 1 heterocycles. The number of carbonyl (C=O) groups is 4. The minimum atomic E-state index is -1.17. The number of benzene rings is 1. The molecule has 5 atom stereocenters. The maximum Gasteiger partial charge on any atom is 0.326 e. The van der Waals surface area contributed by atoms with Crippen molar-refractivity contribution in [2.24, 2.45) is 11.7 Å². The lowest BCUT2D eigenvalue weighted by Gasteiger charge is -2.25. The van der Waals surface area contributed by atoms with E-state index in [1.807, 2.05) is 31.2 Å². The smallest absolute Gasteiger partial charge is 0.326 e. The normalized spacial score (nSPS) is 15.5. The van der Waals surface area contributed by atoms with E-state index in [0.717, 1.165) is 16.5 Å². The minimum Gasteiger partial charge on any atom is -0.480 e. The van der Waals surface area contributed by atoms with Crippen LogP contribution in [-0.4, -0.2) is 69.5 Å². The summed E-state index contributed by atoms with van der Waals surface area (Å²) in [7, 11) is 0. The van der Waals surface area contributed by atoms with Gasteiger partial charge in [0.25, 0.3) is 0 Å². The van der Waals surface area contributed by atoms with Gasteiger partial charge in [0, 0.05) is 28.6 Å². The van der Waals surface area contributed by atoms with Crippen LogP contribution < -0.4 is 21.7 Å². The summed E-state index contributed by atoms with van der Waals surface area (Å²) in [5.41, 5.74) is 7.89. The first-order chi connectivity index (χ1) is 16.6. The first kappa shape index (κ1) is 28.5. The molecule has 0 radical (unpaired) electrons. The third kappa shape index (κ3) is 7.64. The van der Waals surface area contributed by atoms with Gasteiger partial charge in [-0.15, -0.1) is 0 Å². The summed E-state index contributed by atoms with van der Waals surface area (Å²) >= 11 is 8.25. The molecule has 3 amide bonds. The Morgan fingerprint density at radius 2 is 1.57 bits per heavy atom. The van der Waals surface area contributed by atoms with E-state index >= 15 is 0 Å². The minimum absolute atomic E-state index is 0.0388. The average molecular weight is 524 g/mol. The number of aromatic amines is 1. The van der Waals surface area contributed by atoms with Gasteiger partial charge in [0.2, 0.25) is 17.7 Å². The van der Waals surface area contributed by atoms with Gasteiger partial charge in [0.15, 0.2) is 0 Å². The SMILES string of the molecule is CCC(C)C(NC(=O)C(CS)NC(=O)C(CS)NC(=O)C(N)Cc1c[nH]c2ccccc12)C(=O)O. The maximum absolute atomic E-state index is 12.8. The molecular formula is C23H33N5O5S2. The number of H-pyrrole nitrogens is 1. The molecular weight excluding hydrogens is 490 g/mol. The molecule has 0 bridgehead atoms. The van der Waals surface area contributed by atoms with Crippen molar-refractivity contribution in [2.75, 3.05) is 11.5 Å². The number of fused-ring (bicyclic) bond motifs is 1. The largest absolute Gasteiger partial charge is 0.480 e. The Balaban J connectivity index is 1.99. The molecule has 1 aromatic heterocycles. The molecule has 10 nitrogen and oxygen atoms in total. The van der Waals surface area contributed by atoms with Crippen LogP contribution in [0.25, 0.3) is 10.9 Å². The molecule has 0 aliphatic rings. The average Bonchev–Trinajstić information content (AvgIpc) is 3.25. The van der Waals surface area contributed by atoms with E-state index in [1.165, 1.54) is 0 Å². The van der Waals surface area contributed by atoms with Crippen LogP contribution in [0.2, 0.25) is 0 Å². The molecule has 12 heteroatoms. The maximum atomic E-state index is 12.8. The Hall–Kier alpha value is -2.70. The number of nitrogens with two attached hydrogens (primary N) is 1. The zero-order chi connectivity index (χ0) is 26.1. The van der Waals surface area contributed by atoms with Crippen molar-refractivity contribution in [1.82, 2.24) is 20.9 Å². The van der Waals surface area contributed by atoms with Gasteiger partial charge in [0.05, 0.1) is 6.04 Å². The molecule has 35 heavy (non-hydrogen) atoms. The lowest BCUT2D eigenvalue weighted by molar-refractivity contribution is -0.143. The van der Waals surface area contributed by atoms with E-state index in [-0.39, 0.29) is 23.8 Å². The lowest BCUT2D eigenvalue weighted by atomic mass is 9.99. The molecule has 0 fully saturated rings. The number of aromatic nitrogens is 1. The molecule has 0 spiro atoms. The van der Waals surface area contributed by atoms with Crippen molar-refractivity contribution in [3.05, 3.63) is 36.0 Å². The number of hydrogen-bond donors (Lipinski definition) is 8. The van der Waals surface area contributed by atoms with Crippen LogP contribution >= 0.6 is 25.3 Å². The fourth-order valence-electron chi connectivity index (χ4n) is 3.51. The van der Waals surface area contributed by atoms with Crippen molar-refractivity contribution in [2.45, 2.75) is 50.9 Å². The fourth-order valence-corrected chi connectivity index (χ4v) is 4.02. The van der Waals surface area contributed by atoms with Gasteiger partial charge in [-0.2, -0.15) is 25.3 Å². The molecule has 5 unspecified atom stereocenters. The summed E-state index contributed by atoms with van der Waals surface area (Å²) in [5.74, 6) is -3.46. The van der Waals surface area contributed by atoms with Gasteiger partial charge in [-0.25, -0.2) is 4.79 Å².